The van der Waals surface area contributed by atoms with Crippen LogP contribution in [0.4, 0.5) is 5.13 Å². The van der Waals surface area contributed by atoms with Crippen molar-refractivity contribution in [1.29, 1.82) is 0 Å². The van der Waals surface area contributed by atoms with Crippen LogP contribution in [0.25, 0.3) is 10.2 Å². The molecule has 0 unspecified atom stereocenters. The molecule has 1 aromatic heterocycles. The third kappa shape index (κ3) is 3.81. The minimum absolute atomic E-state index is 0.184. The van der Waals surface area contributed by atoms with Gasteiger partial charge in [-0.3, -0.25) is 10.1 Å². The molecule has 4 aromatic rings. The first-order valence-corrected chi connectivity index (χ1v) is 12.5. The van der Waals surface area contributed by atoms with Crippen molar-refractivity contribution in [3.63, 3.8) is 0 Å². The van der Waals surface area contributed by atoms with Crippen LogP contribution in [0.15, 0.2) is 71.6 Å². The second-order valence-corrected chi connectivity index (χ2v) is 10.7. The van der Waals surface area contributed by atoms with E-state index in [0.717, 1.165) is 21.3 Å². The first-order chi connectivity index (χ1) is 15.4. The number of thiazole rings is 1. The predicted molar refractivity (Wildman–Crippen MR) is 126 cm³/mol. The van der Waals surface area contributed by atoms with E-state index in [-0.39, 0.29) is 10.8 Å². The zero-order valence-electron chi connectivity index (χ0n) is 17.4. The van der Waals surface area contributed by atoms with E-state index >= 15 is 0 Å². The van der Waals surface area contributed by atoms with E-state index in [1.165, 1.54) is 33.3 Å². The van der Waals surface area contributed by atoms with Crippen molar-refractivity contribution < 1.29 is 13.2 Å². The minimum atomic E-state index is -3.64. The number of aromatic nitrogens is 1. The molecule has 2 heterocycles. The number of benzene rings is 3. The fourth-order valence-corrected chi connectivity index (χ4v) is 6.27. The molecule has 1 aliphatic rings. The molecule has 0 saturated carbocycles. The second kappa shape index (κ2) is 8.12. The first-order valence-electron chi connectivity index (χ1n) is 10.3. The van der Waals surface area contributed by atoms with Crippen LogP contribution < -0.4 is 5.32 Å². The molecule has 1 aliphatic heterocycles. The molecular formula is C24H21N3O3S2. The van der Waals surface area contributed by atoms with Crippen LogP contribution in [0.2, 0.25) is 0 Å². The van der Waals surface area contributed by atoms with E-state index in [1.54, 1.807) is 12.1 Å². The van der Waals surface area contributed by atoms with E-state index in [4.69, 9.17) is 0 Å². The van der Waals surface area contributed by atoms with Crippen LogP contribution in [0.3, 0.4) is 0 Å². The monoisotopic (exact) mass is 463 g/mol. The summed E-state index contributed by atoms with van der Waals surface area (Å²) in [5.74, 6) is -0.322. The summed E-state index contributed by atoms with van der Waals surface area (Å²) in [6, 6.07) is 19.9. The predicted octanol–water partition coefficient (Wildman–Crippen LogP) is 4.60. The van der Waals surface area contributed by atoms with Crippen molar-refractivity contribution in [3.05, 3.63) is 89.0 Å². The molecule has 0 radical (unpaired) electrons. The van der Waals surface area contributed by atoms with Crippen molar-refractivity contribution in [2.45, 2.75) is 24.8 Å². The Morgan fingerprint density at radius 3 is 2.50 bits per heavy atom. The van der Waals surface area contributed by atoms with Crippen LogP contribution >= 0.6 is 11.3 Å². The number of carbonyl (C=O) groups excluding carboxylic acids is 1. The number of carbonyl (C=O) groups is 1. The Morgan fingerprint density at radius 2 is 1.75 bits per heavy atom. The van der Waals surface area contributed by atoms with Gasteiger partial charge < -0.3 is 0 Å². The molecule has 0 fully saturated rings. The summed E-state index contributed by atoms with van der Waals surface area (Å²) in [5, 5.41) is 3.33. The van der Waals surface area contributed by atoms with Gasteiger partial charge in [0.1, 0.15) is 0 Å². The summed E-state index contributed by atoms with van der Waals surface area (Å²) < 4.78 is 28.7. The number of hydrogen-bond acceptors (Lipinski definition) is 5. The molecular weight excluding hydrogens is 442 g/mol. The number of aryl methyl sites for hydroxylation is 1. The van der Waals surface area contributed by atoms with Crippen LogP contribution in [0.1, 0.15) is 27.0 Å². The van der Waals surface area contributed by atoms with Gasteiger partial charge in [-0.15, -0.1) is 0 Å². The maximum absolute atomic E-state index is 13.1. The van der Waals surface area contributed by atoms with E-state index < -0.39 is 10.0 Å². The Bertz CT molecular complexity index is 1430. The molecule has 0 bridgehead atoms. The first kappa shape index (κ1) is 20.8. The number of sulfonamides is 1. The van der Waals surface area contributed by atoms with Gasteiger partial charge in [0.2, 0.25) is 10.0 Å². The zero-order chi connectivity index (χ0) is 22.3. The summed E-state index contributed by atoms with van der Waals surface area (Å²) >= 11 is 1.41. The van der Waals surface area contributed by atoms with Gasteiger partial charge in [-0.1, -0.05) is 47.7 Å². The molecule has 162 valence electrons. The molecule has 6 nitrogen and oxygen atoms in total. The highest BCUT2D eigenvalue weighted by Gasteiger charge is 2.28. The SMILES string of the molecule is Cc1cccc2sc(NC(=O)c3ccc(S(=O)(=O)N4CCc5ccccc5C4)cc3)nc12. The lowest BCUT2D eigenvalue weighted by molar-refractivity contribution is 0.102. The summed E-state index contributed by atoms with van der Waals surface area (Å²) in [7, 11) is -3.64. The summed E-state index contributed by atoms with van der Waals surface area (Å²) in [5.41, 5.74) is 4.52. The summed E-state index contributed by atoms with van der Waals surface area (Å²) in [6.45, 7) is 2.78. The van der Waals surface area contributed by atoms with Gasteiger partial charge in [-0.05, 0) is 60.4 Å². The van der Waals surface area contributed by atoms with Crippen LogP contribution in [0, 0.1) is 6.92 Å². The minimum Gasteiger partial charge on any atom is -0.298 e. The maximum atomic E-state index is 13.1. The molecule has 5 rings (SSSR count). The maximum Gasteiger partial charge on any atom is 0.257 e. The third-order valence-electron chi connectivity index (χ3n) is 5.69. The number of rotatable bonds is 4. The fourth-order valence-electron chi connectivity index (χ4n) is 3.91. The highest BCUT2D eigenvalue weighted by Crippen LogP contribution is 2.29. The van der Waals surface area contributed by atoms with Crippen molar-refractivity contribution in [3.8, 4) is 0 Å². The zero-order valence-corrected chi connectivity index (χ0v) is 19.0. The molecule has 0 spiro atoms. The lowest BCUT2D eigenvalue weighted by atomic mass is 10.0. The fraction of sp³-hybridized carbons (Fsp3) is 0.167. The smallest absolute Gasteiger partial charge is 0.257 e. The highest BCUT2D eigenvalue weighted by atomic mass is 32.2. The number of nitrogens with zero attached hydrogens (tertiary/aromatic N) is 2. The van der Waals surface area contributed by atoms with Gasteiger partial charge in [0.25, 0.3) is 5.91 Å². The van der Waals surface area contributed by atoms with Crippen molar-refractivity contribution in [2.24, 2.45) is 0 Å². The Morgan fingerprint density at radius 1 is 1.00 bits per heavy atom. The average molecular weight is 464 g/mol. The van der Waals surface area contributed by atoms with Crippen molar-refractivity contribution >= 4 is 42.6 Å². The Labute approximate surface area is 190 Å². The normalized spacial score (nSPS) is 14.3. The lowest BCUT2D eigenvalue weighted by Crippen LogP contribution is -2.35. The number of hydrogen-bond donors (Lipinski definition) is 1. The van der Waals surface area contributed by atoms with E-state index in [9.17, 15) is 13.2 Å². The number of anilines is 1. The second-order valence-electron chi connectivity index (χ2n) is 7.78. The number of fused-ring (bicyclic) bond motifs is 2. The average Bonchev–Trinajstić information content (AvgIpc) is 3.22. The molecule has 8 heteroatoms. The van der Waals surface area contributed by atoms with Crippen LogP contribution in [-0.2, 0) is 23.0 Å². The Hall–Kier alpha value is -3.07. The standard InChI is InChI=1S/C24H21N3O3S2/c1-16-5-4-8-21-22(16)25-24(31-21)26-23(28)18-9-11-20(12-10-18)32(29,30)27-14-13-17-6-2-3-7-19(17)15-27/h2-12H,13-15H2,1H3,(H,25,26,28). The van der Waals surface area contributed by atoms with E-state index in [0.29, 0.717) is 30.2 Å². The van der Waals surface area contributed by atoms with Gasteiger partial charge in [0.05, 0.1) is 15.1 Å². The third-order valence-corrected chi connectivity index (χ3v) is 8.49. The number of amides is 1. The molecule has 0 aliphatic carbocycles. The number of nitrogens with one attached hydrogen (secondary N) is 1. The van der Waals surface area contributed by atoms with Gasteiger partial charge >= 0.3 is 0 Å². The number of para-hydroxylation sites is 1. The van der Waals surface area contributed by atoms with Gasteiger partial charge in [-0.25, -0.2) is 13.4 Å². The molecule has 32 heavy (non-hydrogen) atoms. The van der Waals surface area contributed by atoms with Gasteiger partial charge in [0.15, 0.2) is 5.13 Å². The van der Waals surface area contributed by atoms with Crippen LogP contribution in [0.5, 0.6) is 0 Å². The van der Waals surface area contributed by atoms with E-state index in [2.05, 4.69) is 10.3 Å². The highest BCUT2D eigenvalue weighted by molar-refractivity contribution is 7.89. The lowest BCUT2D eigenvalue weighted by Gasteiger charge is -2.28. The topological polar surface area (TPSA) is 79.4 Å². The Kier molecular flexibility index (Phi) is 5.28. The van der Waals surface area contributed by atoms with Crippen molar-refractivity contribution in [1.82, 2.24) is 9.29 Å². The molecule has 0 atom stereocenters. The molecule has 0 saturated heterocycles. The van der Waals surface area contributed by atoms with Gasteiger partial charge in [-0.2, -0.15) is 4.31 Å². The molecule has 3 aromatic carbocycles. The molecule has 1 N–H and O–H groups in total. The van der Waals surface area contributed by atoms with Crippen molar-refractivity contribution in [2.75, 3.05) is 11.9 Å². The van der Waals surface area contributed by atoms with Gasteiger partial charge in [0, 0.05) is 18.7 Å². The van der Waals surface area contributed by atoms with E-state index in [1.807, 2.05) is 49.4 Å². The molecule has 1 amide bonds. The largest absolute Gasteiger partial charge is 0.298 e. The summed E-state index contributed by atoms with van der Waals surface area (Å²) in [4.78, 5) is 17.4. The van der Waals surface area contributed by atoms with Crippen LogP contribution in [-0.4, -0.2) is 30.2 Å². The Balaban J connectivity index is 1.33. The quantitative estimate of drug-likeness (QED) is 0.480. The summed E-state index contributed by atoms with van der Waals surface area (Å²) in [6.07, 6.45) is 0.692.